The molecule has 1 aromatic rings. The van der Waals surface area contributed by atoms with Gasteiger partial charge in [-0.1, -0.05) is 0 Å². The van der Waals surface area contributed by atoms with E-state index in [0.29, 0.717) is 6.61 Å². The zero-order valence-corrected chi connectivity index (χ0v) is 9.71. The van der Waals surface area contributed by atoms with Crippen molar-refractivity contribution in [3.8, 4) is 0 Å². The SMILES string of the molecule is Cc1csc(N(C)C(=O)C2CCCO2)n1. The maximum atomic E-state index is 11.9. The van der Waals surface area contributed by atoms with E-state index in [1.54, 1.807) is 11.9 Å². The molecule has 0 radical (unpaired) electrons. The number of likely N-dealkylation sites (N-methyl/N-ethyl adjacent to an activating group) is 1. The maximum Gasteiger partial charge on any atom is 0.257 e. The van der Waals surface area contributed by atoms with Gasteiger partial charge in [0, 0.05) is 19.0 Å². The van der Waals surface area contributed by atoms with Crippen molar-refractivity contribution >= 4 is 22.4 Å². The van der Waals surface area contributed by atoms with E-state index in [0.717, 1.165) is 23.7 Å². The number of carbonyl (C=O) groups excluding carboxylic acids is 1. The van der Waals surface area contributed by atoms with E-state index in [9.17, 15) is 4.79 Å². The maximum absolute atomic E-state index is 11.9. The summed E-state index contributed by atoms with van der Waals surface area (Å²) in [5.74, 6) is 0.0156. The van der Waals surface area contributed by atoms with Crippen LogP contribution < -0.4 is 4.90 Å². The topological polar surface area (TPSA) is 42.4 Å². The predicted molar refractivity (Wildman–Crippen MR) is 59.2 cm³/mol. The summed E-state index contributed by atoms with van der Waals surface area (Å²) < 4.78 is 5.35. The van der Waals surface area contributed by atoms with Crippen LogP contribution in [-0.2, 0) is 9.53 Å². The second kappa shape index (κ2) is 4.28. The third-order valence-electron chi connectivity index (χ3n) is 2.43. The van der Waals surface area contributed by atoms with Gasteiger partial charge in [0.1, 0.15) is 6.10 Å². The number of aryl methyl sites for hydroxylation is 1. The Bertz CT molecular complexity index is 358. The Hall–Kier alpha value is -0.940. The van der Waals surface area contributed by atoms with Crippen molar-refractivity contribution in [2.75, 3.05) is 18.6 Å². The van der Waals surface area contributed by atoms with Gasteiger partial charge in [0.25, 0.3) is 5.91 Å². The van der Waals surface area contributed by atoms with Crippen LogP contribution in [0, 0.1) is 6.92 Å². The summed E-state index contributed by atoms with van der Waals surface area (Å²) in [6, 6.07) is 0. The van der Waals surface area contributed by atoms with Crippen molar-refractivity contribution in [3.63, 3.8) is 0 Å². The Kier molecular flexibility index (Phi) is 3.02. The summed E-state index contributed by atoms with van der Waals surface area (Å²) in [6.45, 7) is 2.62. The molecule has 0 saturated carbocycles. The fourth-order valence-corrected chi connectivity index (χ4v) is 2.35. The molecule has 1 atom stereocenters. The monoisotopic (exact) mass is 226 g/mol. The summed E-state index contributed by atoms with van der Waals surface area (Å²) in [4.78, 5) is 17.8. The molecule has 1 unspecified atom stereocenters. The molecule has 1 aromatic heterocycles. The number of hydrogen-bond acceptors (Lipinski definition) is 4. The summed E-state index contributed by atoms with van der Waals surface area (Å²) in [7, 11) is 1.75. The number of carbonyl (C=O) groups is 1. The van der Waals surface area contributed by atoms with E-state index < -0.39 is 0 Å². The molecule has 0 N–H and O–H groups in total. The lowest BCUT2D eigenvalue weighted by Gasteiger charge is -2.17. The number of nitrogens with zero attached hydrogens (tertiary/aromatic N) is 2. The predicted octanol–water partition coefficient (Wildman–Crippen LogP) is 1.59. The van der Waals surface area contributed by atoms with Crippen LogP contribution in [0.5, 0.6) is 0 Å². The van der Waals surface area contributed by atoms with E-state index in [1.165, 1.54) is 11.3 Å². The van der Waals surface area contributed by atoms with Crippen LogP contribution in [0.25, 0.3) is 0 Å². The highest BCUT2D eigenvalue weighted by Gasteiger charge is 2.28. The van der Waals surface area contributed by atoms with Gasteiger partial charge < -0.3 is 4.74 Å². The van der Waals surface area contributed by atoms with Crippen molar-refractivity contribution in [1.29, 1.82) is 0 Å². The highest BCUT2D eigenvalue weighted by Crippen LogP contribution is 2.22. The number of amides is 1. The van der Waals surface area contributed by atoms with Crippen LogP contribution in [0.2, 0.25) is 0 Å². The second-order valence-electron chi connectivity index (χ2n) is 3.67. The van der Waals surface area contributed by atoms with Crippen LogP contribution in [0.4, 0.5) is 5.13 Å². The van der Waals surface area contributed by atoms with Crippen LogP contribution in [0.3, 0.4) is 0 Å². The first kappa shape index (κ1) is 10.6. The molecule has 1 saturated heterocycles. The fraction of sp³-hybridized carbons (Fsp3) is 0.600. The smallest absolute Gasteiger partial charge is 0.257 e. The zero-order valence-electron chi connectivity index (χ0n) is 8.90. The molecule has 0 spiro atoms. The average Bonchev–Trinajstić information content (AvgIpc) is 2.85. The average molecular weight is 226 g/mol. The minimum Gasteiger partial charge on any atom is -0.368 e. The molecule has 82 valence electrons. The van der Waals surface area contributed by atoms with Crippen LogP contribution in [-0.4, -0.2) is 30.6 Å². The molecule has 1 fully saturated rings. The van der Waals surface area contributed by atoms with Crippen LogP contribution in [0.1, 0.15) is 18.5 Å². The summed E-state index contributed by atoms with van der Waals surface area (Å²) >= 11 is 1.48. The minimum absolute atomic E-state index is 0.0156. The van der Waals surface area contributed by atoms with Gasteiger partial charge in [0.15, 0.2) is 5.13 Å². The number of ether oxygens (including phenoxy) is 1. The molecule has 0 bridgehead atoms. The number of anilines is 1. The van der Waals surface area contributed by atoms with Gasteiger partial charge in [0.05, 0.1) is 5.69 Å². The molecule has 2 rings (SSSR count). The Morgan fingerprint density at radius 2 is 2.53 bits per heavy atom. The minimum atomic E-state index is -0.265. The van der Waals surface area contributed by atoms with Crippen molar-refractivity contribution < 1.29 is 9.53 Å². The van der Waals surface area contributed by atoms with Crippen molar-refractivity contribution in [2.24, 2.45) is 0 Å². The Labute approximate surface area is 92.9 Å². The van der Waals surface area contributed by atoms with Crippen LogP contribution in [0.15, 0.2) is 5.38 Å². The van der Waals surface area contributed by atoms with Gasteiger partial charge >= 0.3 is 0 Å². The highest BCUT2D eigenvalue weighted by atomic mass is 32.1. The lowest BCUT2D eigenvalue weighted by molar-refractivity contribution is -0.127. The zero-order chi connectivity index (χ0) is 10.8. The van der Waals surface area contributed by atoms with Crippen molar-refractivity contribution in [1.82, 2.24) is 4.98 Å². The van der Waals surface area contributed by atoms with Crippen molar-refractivity contribution in [3.05, 3.63) is 11.1 Å². The van der Waals surface area contributed by atoms with Gasteiger partial charge in [-0.2, -0.15) is 0 Å². The first-order chi connectivity index (χ1) is 7.18. The molecule has 5 heteroatoms. The van der Waals surface area contributed by atoms with Crippen molar-refractivity contribution in [2.45, 2.75) is 25.9 Å². The molecule has 0 aliphatic carbocycles. The van der Waals surface area contributed by atoms with Crippen LogP contribution >= 0.6 is 11.3 Å². The first-order valence-corrected chi connectivity index (χ1v) is 5.88. The van der Waals surface area contributed by atoms with E-state index in [4.69, 9.17) is 4.74 Å². The molecule has 1 aliphatic rings. The standard InChI is InChI=1S/C10H14N2O2S/c1-7-6-15-10(11-7)12(2)9(13)8-4-3-5-14-8/h6,8H,3-5H2,1-2H3. The van der Waals surface area contributed by atoms with Gasteiger partial charge in [-0.15, -0.1) is 11.3 Å². The summed E-state index contributed by atoms with van der Waals surface area (Å²) in [5, 5.41) is 2.68. The Morgan fingerprint density at radius 1 is 1.73 bits per heavy atom. The molecule has 0 aromatic carbocycles. The van der Waals surface area contributed by atoms with Gasteiger partial charge in [-0.25, -0.2) is 4.98 Å². The lowest BCUT2D eigenvalue weighted by Crippen LogP contribution is -2.35. The lowest BCUT2D eigenvalue weighted by atomic mass is 10.2. The van der Waals surface area contributed by atoms with Gasteiger partial charge in [-0.3, -0.25) is 9.69 Å². The summed E-state index contributed by atoms with van der Waals surface area (Å²) in [5.41, 5.74) is 0.946. The molecular weight excluding hydrogens is 212 g/mol. The normalized spacial score (nSPS) is 20.5. The molecule has 1 amide bonds. The Morgan fingerprint density at radius 3 is 3.07 bits per heavy atom. The Balaban J connectivity index is 2.06. The van der Waals surface area contributed by atoms with E-state index >= 15 is 0 Å². The number of rotatable bonds is 2. The van der Waals surface area contributed by atoms with E-state index in [-0.39, 0.29) is 12.0 Å². The second-order valence-corrected chi connectivity index (χ2v) is 4.51. The third-order valence-corrected chi connectivity index (χ3v) is 3.46. The molecule has 4 nitrogen and oxygen atoms in total. The fourth-order valence-electron chi connectivity index (χ4n) is 1.58. The molecule has 15 heavy (non-hydrogen) atoms. The van der Waals surface area contributed by atoms with E-state index in [2.05, 4.69) is 4.98 Å². The molecule has 1 aliphatic heterocycles. The van der Waals surface area contributed by atoms with E-state index in [1.807, 2.05) is 12.3 Å². The largest absolute Gasteiger partial charge is 0.368 e. The first-order valence-electron chi connectivity index (χ1n) is 5.00. The third kappa shape index (κ3) is 2.18. The quantitative estimate of drug-likeness (QED) is 0.769. The van der Waals surface area contributed by atoms with Gasteiger partial charge in [0.2, 0.25) is 0 Å². The van der Waals surface area contributed by atoms with Gasteiger partial charge in [-0.05, 0) is 19.8 Å². The number of thiazole rings is 1. The number of hydrogen-bond donors (Lipinski definition) is 0. The summed E-state index contributed by atoms with van der Waals surface area (Å²) in [6.07, 6.45) is 1.54. The number of aromatic nitrogens is 1. The molecular formula is C10H14N2O2S. The molecule has 2 heterocycles. The highest BCUT2D eigenvalue weighted by molar-refractivity contribution is 7.14.